The van der Waals surface area contributed by atoms with Crippen molar-refractivity contribution in [2.45, 2.75) is 70.5 Å². The van der Waals surface area contributed by atoms with Crippen LogP contribution in [0.3, 0.4) is 0 Å². The third-order valence-corrected chi connectivity index (χ3v) is 5.22. The first-order valence-corrected chi connectivity index (χ1v) is 10.6. The lowest BCUT2D eigenvalue weighted by Gasteiger charge is -2.21. The number of rotatable bonds is 6. The lowest BCUT2D eigenvalue weighted by Crippen LogP contribution is -2.49. The van der Waals surface area contributed by atoms with Gasteiger partial charge in [-0.1, -0.05) is 37.7 Å². The molecular weight excluding hydrogens is 388 g/mol. The summed E-state index contributed by atoms with van der Waals surface area (Å²) in [4.78, 5) is 42.1. The van der Waals surface area contributed by atoms with Gasteiger partial charge in [0, 0.05) is 12.1 Å². The molecule has 0 radical (unpaired) electrons. The van der Waals surface area contributed by atoms with Crippen molar-refractivity contribution in [3.05, 3.63) is 34.6 Å². The van der Waals surface area contributed by atoms with Crippen molar-refractivity contribution in [2.75, 3.05) is 0 Å². The molecule has 2 aromatic rings. The van der Waals surface area contributed by atoms with Gasteiger partial charge in [-0.15, -0.1) is 0 Å². The number of para-hydroxylation sites is 1. The summed E-state index contributed by atoms with van der Waals surface area (Å²) in [5.74, 6) is -0.0115. The van der Waals surface area contributed by atoms with E-state index in [4.69, 9.17) is 0 Å². The van der Waals surface area contributed by atoms with Gasteiger partial charge >= 0.3 is 6.03 Å². The number of imide groups is 1. The Morgan fingerprint density at radius 1 is 1.17 bits per heavy atom. The minimum Gasteiger partial charge on any atom is -0.333 e. The molecule has 1 aromatic carbocycles. The highest BCUT2D eigenvalue weighted by atomic mass is 32.2. The number of hydrogen-bond acceptors (Lipinski definition) is 5. The van der Waals surface area contributed by atoms with Gasteiger partial charge in [0.15, 0.2) is 5.16 Å². The molecule has 0 spiro atoms. The molecule has 29 heavy (non-hydrogen) atoms. The van der Waals surface area contributed by atoms with Crippen molar-refractivity contribution >= 4 is 34.6 Å². The van der Waals surface area contributed by atoms with Crippen LogP contribution in [0.5, 0.6) is 0 Å². The molecule has 2 rings (SSSR count). The maximum Gasteiger partial charge on any atom is 0.321 e. The molecular formula is C21H30N4O3S. The van der Waals surface area contributed by atoms with Crippen LogP contribution in [0, 0.1) is 5.92 Å². The first kappa shape index (κ1) is 22.9. The van der Waals surface area contributed by atoms with Crippen molar-refractivity contribution < 1.29 is 9.59 Å². The largest absolute Gasteiger partial charge is 0.333 e. The maximum absolute atomic E-state index is 13.0. The van der Waals surface area contributed by atoms with Crippen LogP contribution in [0.25, 0.3) is 10.9 Å². The molecule has 0 aliphatic rings. The van der Waals surface area contributed by atoms with Gasteiger partial charge in [-0.25, -0.2) is 9.78 Å². The smallest absolute Gasteiger partial charge is 0.321 e. The van der Waals surface area contributed by atoms with E-state index in [1.54, 1.807) is 23.6 Å². The lowest BCUT2D eigenvalue weighted by atomic mass is 10.1. The zero-order valence-corrected chi connectivity index (χ0v) is 18.7. The summed E-state index contributed by atoms with van der Waals surface area (Å²) >= 11 is 1.18. The zero-order chi connectivity index (χ0) is 21.8. The van der Waals surface area contributed by atoms with Gasteiger partial charge < -0.3 is 5.32 Å². The second kappa shape index (κ2) is 9.43. The predicted molar refractivity (Wildman–Crippen MR) is 117 cm³/mol. The molecule has 3 amide bonds. The highest BCUT2D eigenvalue weighted by molar-refractivity contribution is 8.00. The van der Waals surface area contributed by atoms with E-state index in [1.165, 1.54) is 11.8 Å². The molecule has 0 unspecified atom stereocenters. The van der Waals surface area contributed by atoms with E-state index in [1.807, 2.05) is 32.9 Å². The van der Waals surface area contributed by atoms with Gasteiger partial charge in [0.05, 0.1) is 16.2 Å². The second-order valence-electron chi connectivity index (χ2n) is 8.50. The molecule has 0 aliphatic heterocycles. The van der Waals surface area contributed by atoms with Crippen LogP contribution in [0.1, 0.15) is 48.0 Å². The van der Waals surface area contributed by atoms with Crippen molar-refractivity contribution in [1.29, 1.82) is 0 Å². The number of thioether (sulfide) groups is 1. The molecule has 0 saturated carbocycles. The van der Waals surface area contributed by atoms with E-state index in [9.17, 15) is 14.4 Å². The standard InChI is InChI=1S/C21H30N4O3S/c1-13(2)11-12-25-18(27)15-9-7-8-10-16(15)22-20(25)29-14(3)17(26)23-19(28)24-21(4,5)6/h7-10,13-14H,11-12H2,1-6H3,(H2,23,24,26,28)/t14-/m0/s1. The molecule has 158 valence electrons. The molecule has 2 N–H and O–H groups in total. The Morgan fingerprint density at radius 3 is 2.45 bits per heavy atom. The van der Waals surface area contributed by atoms with Gasteiger partial charge in [0.25, 0.3) is 5.56 Å². The number of hydrogen-bond donors (Lipinski definition) is 2. The normalized spacial score (nSPS) is 12.8. The van der Waals surface area contributed by atoms with Crippen LogP contribution in [-0.2, 0) is 11.3 Å². The summed E-state index contributed by atoms with van der Waals surface area (Å²) in [6.07, 6.45) is 0.821. The number of carbonyl (C=O) groups is 2. The number of nitrogens with one attached hydrogen (secondary N) is 2. The molecule has 0 fully saturated rings. The third-order valence-electron chi connectivity index (χ3n) is 4.13. The number of benzene rings is 1. The second-order valence-corrected chi connectivity index (χ2v) is 9.81. The average Bonchev–Trinajstić information content (AvgIpc) is 2.59. The van der Waals surface area contributed by atoms with Gasteiger partial charge in [0.1, 0.15) is 0 Å². The van der Waals surface area contributed by atoms with Crippen LogP contribution >= 0.6 is 11.8 Å². The highest BCUT2D eigenvalue weighted by Crippen LogP contribution is 2.23. The molecule has 0 aliphatic carbocycles. The molecule has 1 atom stereocenters. The SMILES string of the molecule is CC(C)CCn1c(S[C@@H](C)C(=O)NC(=O)NC(C)(C)C)nc2ccccc2c1=O. The first-order valence-electron chi connectivity index (χ1n) is 9.77. The van der Waals surface area contributed by atoms with Gasteiger partial charge in [-0.3, -0.25) is 19.5 Å². The summed E-state index contributed by atoms with van der Waals surface area (Å²) in [7, 11) is 0. The van der Waals surface area contributed by atoms with E-state index in [0.29, 0.717) is 28.5 Å². The molecule has 0 bridgehead atoms. The molecule has 0 saturated heterocycles. The van der Waals surface area contributed by atoms with Crippen LogP contribution in [0.4, 0.5) is 4.79 Å². The van der Waals surface area contributed by atoms with E-state index in [2.05, 4.69) is 29.5 Å². The molecule has 1 heterocycles. The quantitative estimate of drug-likeness (QED) is 0.553. The fraction of sp³-hybridized carbons (Fsp3) is 0.524. The Morgan fingerprint density at radius 2 is 1.83 bits per heavy atom. The molecule has 7 nitrogen and oxygen atoms in total. The van der Waals surface area contributed by atoms with Crippen LogP contribution in [0.2, 0.25) is 0 Å². The van der Waals surface area contributed by atoms with Gasteiger partial charge in [0.2, 0.25) is 5.91 Å². The molecule has 1 aromatic heterocycles. The number of nitrogens with zero attached hydrogens (tertiary/aromatic N) is 2. The van der Waals surface area contributed by atoms with Gasteiger partial charge in [-0.2, -0.15) is 0 Å². The lowest BCUT2D eigenvalue weighted by molar-refractivity contribution is -0.119. The minimum absolute atomic E-state index is 0.114. The van der Waals surface area contributed by atoms with E-state index in [-0.39, 0.29) is 5.56 Å². The van der Waals surface area contributed by atoms with Crippen LogP contribution < -0.4 is 16.2 Å². The number of carbonyl (C=O) groups excluding carboxylic acids is 2. The summed E-state index contributed by atoms with van der Waals surface area (Å²) < 4.78 is 1.63. The third kappa shape index (κ3) is 6.59. The Bertz CT molecular complexity index is 947. The summed E-state index contributed by atoms with van der Waals surface area (Å²) in [5, 5.41) is 5.49. The number of aromatic nitrogens is 2. The number of amides is 3. The van der Waals surface area contributed by atoms with Crippen molar-refractivity contribution in [3.63, 3.8) is 0 Å². The monoisotopic (exact) mass is 418 g/mol. The van der Waals surface area contributed by atoms with Crippen LogP contribution in [0.15, 0.2) is 34.2 Å². The Balaban J connectivity index is 2.26. The van der Waals surface area contributed by atoms with Crippen molar-refractivity contribution in [1.82, 2.24) is 20.2 Å². The number of fused-ring (bicyclic) bond motifs is 1. The Labute approximate surface area is 175 Å². The van der Waals surface area contributed by atoms with E-state index < -0.39 is 22.7 Å². The number of urea groups is 1. The average molecular weight is 419 g/mol. The Kier molecular flexibility index (Phi) is 7.46. The fourth-order valence-corrected chi connectivity index (χ4v) is 3.55. The first-order chi connectivity index (χ1) is 13.5. The summed E-state index contributed by atoms with van der Waals surface area (Å²) in [6.45, 7) is 11.9. The minimum atomic E-state index is -0.598. The highest BCUT2D eigenvalue weighted by Gasteiger charge is 2.22. The van der Waals surface area contributed by atoms with Gasteiger partial charge in [-0.05, 0) is 52.2 Å². The fourth-order valence-electron chi connectivity index (χ4n) is 2.62. The van der Waals surface area contributed by atoms with E-state index >= 15 is 0 Å². The summed E-state index contributed by atoms with van der Waals surface area (Å²) in [6, 6.07) is 6.65. The molecule has 8 heteroatoms. The zero-order valence-electron chi connectivity index (χ0n) is 17.9. The van der Waals surface area contributed by atoms with Crippen molar-refractivity contribution in [3.8, 4) is 0 Å². The predicted octanol–water partition coefficient (Wildman–Crippen LogP) is 3.55. The topological polar surface area (TPSA) is 93.1 Å². The van der Waals surface area contributed by atoms with Crippen molar-refractivity contribution in [2.24, 2.45) is 5.92 Å². The summed E-state index contributed by atoms with van der Waals surface area (Å²) in [5.41, 5.74) is 0.0357. The van der Waals surface area contributed by atoms with E-state index in [0.717, 1.165) is 6.42 Å². The Hall–Kier alpha value is -2.35. The van der Waals surface area contributed by atoms with Crippen LogP contribution in [-0.4, -0.2) is 32.3 Å². The maximum atomic E-state index is 13.0.